The van der Waals surface area contributed by atoms with E-state index in [1.165, 1.54) is 16.6 Å². The van der Waals surface area contributed by atoms with Crippen LogP contribution in [0.1, 0.15) is 19.5 Å². The number of nitrogens with two attached hydrogens (primary N) is 1. The Bertz CT molecular complexity index is 488. The average molecular weight is 234 g/mol. The molecule has 0 atom stereocenters. The Labute approximate surface area is 101 Å². The third-order valence-corrected chi connectivity index (χ3v) is 3.74. The maximum atomic E-state index is 6.00. The first-order valence-electron chi connectivity index (χ1n) is 5.72. The monoisotopic (exact) mass is 234 g/mol. The molecule has 1 aromatic heterocycles. The van der Waals surface area contributed by atoms with E-state index >= 15 is 0 Å². The van der Waals surface area contributed by atoms with Crippen molar-refractivity contribution in [3.05, 3.63) is 30.0 Å². The summed E-state index contributed by atoms with van der Waals surface area (Å²) in [4.78, 5) is 0. The number of rotatable bonds is 4. The van der Waals surface area contributed by atoms with Crippen molar-refractivity contribution in [2.75, 3.05) is 11.5 Å². The van der Waals surface area contributed by atoms with Crippen LogP contribution in [0.4, 0.5) is 5.69 Å². The molecule has 2 aromatic rings. The summed E-state index contributed by atoms with van der Waals surface area (Å²) in [5, 5.41) is 1.19. The Morgan fingerprint density at radius 1 is 1.31 bits per heavy atom. The molecule has 1 heterocycles. The quantitative estimate of drug-likeness (QED) is 0.821. The molecule has 0 amide bonds. The van der Waals surface area contributed by atoms with Crippen LogP contribution in [0.5, 0.6) is 0 Å². The lowest BCUT2D eigenvalue weighted by Crippen LogP contribution is -1.99. The van der Waals surface area contributed by atoms with E-state index in [9.17, 15) is 0 Å². The van der Waals surface area contributed by atoms with E-state index in [2.05, 4.69) is 30.5 Å². The summed E-state index contributed by atoms with van der Waals surface area (Å²) < 4.78 is 2.36. The number of nitrogen functional groups attached to an aromatic ring is 1. The minimum atomic E-state index is 0.882. The predicted molar refractivity (Wildman–Crippen MR) is 73.9 cm³/mol. The number of aromatic nitrogens is 1. The lowest BCUT2D eigenvalue weighted by Gasteiger charge is -2.07. The largest absolute Gasteiger partial charge is 0.398 e. The van der Waals surface area contributed by atoms with Crippen molar-refractivity contribution in [3.63, 3.8) is 0 Å². The minimum Gasteiger partial charge on any atom is -0.398 e. The third-order valence-electron chi connectivity index (χ3n) is 2.84. The molecule has 0 saturated heterocycles. The summed E-state index contributed by atoms with van der Waals surface area (Å²) in [6.07, 6.45) is 0. The molecule has 0 bridgehead atoms. The zero-order valence-electron chi connectivity index (χ0n) is 9.86. The number of fused-ring (bicyclic) bond motifs is 1. The zero-order valence-corrected chi connectivity index (χ0v) is 10.7. The summed E-state index contributed by atoms with van der Waals surface area (Å²) in [5.74, 6) is 2.22. The third kappa shape index (κ3) is 1.92. The number of benzene rings is 1. The normalized spacial score (nSPS) is 11.1. The van der Waals surface area contributed by atoms with E-state index < -0.39 is 0 Å². The molecule has 3 heteroatoms. The highest BCUT2D eigenvalue weighted by Crippen LogP contribution is 2.27. The molecule has 0 radical (unpaired) electrons. The Morgan fingerprint density at radius 2 is 2.12 bits per heavy atom. The average Bonchev–Trinajstić information content (AvgIpc) is 2.65. The van der Waals surface area contributed by atoms with E-state index in [1.54, 1.807) is 0 Å². The van der Waals surface area contributed by atoms with Crippen molar-refractivity contribution < 1.29 is 0 Å². The van der Waals surface area contributed by atoms with Gasteiger partial charge in [-0.15, -0.1) is 0 Å². The van der Waals surface area contributed by atoms with Gasteiger partial charge in [0, 0.05) is 29.1 Å². The van der Waals surface area contributed by atoms with Crippen molar-refractivity contribution in [2.45, 2.75) is 26.1 Å². The topological polar surface area (TPSA) is 30.9 Å². The Morgan fingerprint density at radius 3 is 2.81 bits per heavy atom. The number of thioether (sulfide) groups is 1. The van der Waals surface area contributed by atoms with Crippen LogP contribution in [0.25, 0.3) is 10.9 Å². The molecule has 0 spiro atoms. The first-order chi connectivity index (χ1) is 7.77. The molecule has 2 rings (SSSR count). The van der Waals surface area contributed by atoms with E-state index in [0.717, 1.165) is 23.7 Å². The van der Waals surface area contributed by atoms with E-state index in [1.807, 2.05) is 23.9 Å². The molecule has 2 nitrogen and oxygen atoms in total. The van der Waals surface area contributed by atoms with Gasteiger partial charge in [0.1, 0.15) is 0 Å². The lowest BCUT2D eigenvalue weighted by atomic mass is 10.2. The maximum absolute atomic E-state index is 6.00. The van der Waals surface area contributed by atoms with Crippen LogP contribution in [-0.2, 0) is 12.3 Å². The molecule has 86 valence electrons. The van der Waals surface area contributed by atoms with Crippen LogP contribution >= 0.6 is 11.8 Å². The molecule has 0 aliphatic heterocycles. The highest BCUT2D eigenvalue weighted by molar-refractivity contribution is 7.98. The summed E-state index contributed by atoms with van der Waals surface area (Å²) in [5.41, 5.74) is 9.52. The molecule has 2 N–H and O–H groups in total. The fourth-order valence-corrected chi connectivity index (χ4v) is 2.71. The van der Waals surface area contributed by atoms with Gasteiger partial charge in [-0.1, -0.05) is 13.0 Å². The van der Waals surface area contributed by atoms with Gasteiger partial charge in [-0.3, -0.25) is 0 Å². The standard InChI is InChI=1S/C13H18N2S/c1-3-15-10(9-16-4-2)8-11-12(14)6-5-7-13(11)15/h5-8H,3-4,9,14H2,1-2H3. The van der Waals surface area contributed by atoms with Crippen molar-refractivity contribution in [3.8, 4) is 0 Å². The zero-order chi connectivity index (χ0) is 11.5. The first-order valence-corrected chi connectivity index (χ1v) is 6.87. The second-order valence-corrected chi connectivity index (χ2v) is 5.07. The number of nitrogens with zero attached hydrogens (tertiary/aromatic N) is 1. The SMILES string of the molecule is CCSCc1cc2c(N)cccc2n1CC. The summed E-state index contributed by atoms with van der Waals surface area (Å²) >= 11 is 1.95. The fourth-order valence-electron chi connectivity index (χ4n) is 2.06. The van der Waals surface area contributed by atoms with Crippen LogP contribution in [0, 0.1) is 0 Å². The van der Waals surface area contributed by atoms with Gasteiger partial charge in [0.05, 0.1) is 5.52 Å². The molecular formula is C13H18N2S. The van der Waals surface area contributed by atoms with Gasteiger partial charge in [-0.05, 0) is 30.9 Å². The van der Waals surface area contributed by atoms with Gasteiger partial charge >= 0.3 is 0 Å². The van der Waals surface area contributed by atoms with Crippen molar-refractivity contribution >= 4 is 28.4 Å². The van der Waals surface area contributed by atoms with Crippen LogP contribution in [-0.4, -0.2) is 10.3 Å². The molecule has 0 saturated carbocycles. The second-order valence-electron chi connectivity index (χ2n) is 3.80. The Kier molecular flexibility index (Phi) is 3.44. The molecule has 1 aromatic carbocycles. The molecule has 0 unspecified atom stereocenters. The van der Waals surface area contributed by atoms with E-state index in [-0.39, 0.29) is 0 Å². The number of hydrogen-bond acceptors (Lipinski definition) is 2. The molecule has 0 aliphatic rings. The Balaban J connectivity index is 2.52. The van der Waals surface area contributed by atoms with Crippen LogP contribution in [0.15, 0.2) is 24.3 Å². The summed E-state index contributed by atoms with van der Waals surface area (Å²) in [6, 6.07) is 8.38. The minimum absolute atomic E-state index is 0.882. The smallest absolute Gasteiger partial charge is 0.0503 e. The number of aryl methyl sites for hydroxylation is 1. The Hall–Kier alpha value is -1.09. The molecule has 0 fully saturated rings. The van der Waals surface area contributed by atoms with Crippen LogP contribution in [0.2, 0.25) is 0 Å². The summed E-state index contributed by atoms with van der Waals surface area (Å²) in [6.45, 7) is 5.38. The van der Waals surface area contributed by atoms with Gasteiger partial charge in [0.25, 0.3) is 0 Å². The van der Waals surface area contributed by atoms with Gasteiger partial charge in [0.15, 0.2) is 0 Å². The van der Waals surface area contributed by atoms with Gasteiger partial charge < -0.3 is 10.3 Å². The van der Waals surface area contributed by atoms with Crippen molar-refractivity contribution in [1.29, 1.82) is 0 Å². The molecule has 0 aliphatic carbocycles. The van der Waals surface area contributed by atoms with Gasteiger partial charge in [-0.2, -0.15) is 11.8 Å². The highest BCUT2D eigenvalue weighted by atomic mass is 32.2. The van der Waals surface area contributed by atoms with Gasteiger partial charge in [0.2, 0.25) is 0 Å². The lowest BCUT2D eigenvalue weighted by molar-refractivity contribution is 0.765. The van der Waals surface area contributed by atoms with Crippen molar-refractivity contribution in [2.24, 2.45) is 0 Å². The highest BCUT2D eigenvalue weighted by Gasteiger charge is 2.08. The van der Waals surface area contributed by atoms with Crippen molar-refractivity contribution in [1.82, 2.24) is 4.57 Å². The summed E-state index contributed by atoms with van der Waals surface area (Å²) in [7, 11) is 0. The van der Waals surface area contributed by atoms with Crippen LogP contribution in [0.3, 0.4) is 0 Å². The van der Waals surface area contributed by atoms with E-state index in [0.29, 0.717) is 0 Å². The first kappa shape index (κ1) is 11.4. The predicted octanol–water partition coefficient (Wildman–Crippen LogP) is 3.50. The van der Waals surface area contributed by atoms with E-state index in [4.69, 9.17) is 5.73 Å². The fraction of sp³-hybridized carbons (Fsp3) is 0.385. The molecule has 16 heavy (non-hydrogen) atoms. The molecular weight excluding hydrogens is 216 g/mol. The maximum Gasteiger partial charge on any atom is 0.0503 e. The number of hydrogen-bond donors (Lipinski definition) is 1. The second kappa shape index (κ2) is 4.83. The number of anilines is 1. The van der Waals surface area contributed by atoms with Gasteiger partial charge in [-0.25, -0.2) is 0 Å². The van der Waals surface area contributed by atoms with Crippen LogP contribution < -0.4 is 5.73 Å².